The third kappa shape index (κ3) is 2.58. The predicted molar refractivity (Wildman–Crippen MR) is 77.8 cm³/mol. The van der Waals surface area contributed by atoms with Gasteiger partial charge in [0.2, 0.25) is 0 Å². The van der Waals surface area contributed by atoms with Crippen LogP contribution in [0.1, 0.15) is 30.7 Å². The number of rotatable bonds is 5. The van der Waals surface area contributed by atoms with Gasteiger partial charge in [-0.05, 0) is 20.8 Å². The number of hydrogen-bond acceptors (Lipinski definition) is 3. The summed E-state index contributed by atoms with van der Waals surface area (Å²) < 4.78 is 3.89. The Bertz CT molecular complexity index is 629. The van der Waals surface area contributed by atoms with E-state index in [4.69, 9.17) is 17.3 Å². The Balaban J connectivity index is 2.46. The average Bonchev–Trinajstić information content (AvgIpc) is 2.88. The number of aromatic nitrogens is 4. The fourth-order valence-corrected chi connectivity index (χ4v) is 2.44. The Morgan fingerprint density at radius 3 is 2.80 bits per heavy atom. The Labute approximate surface area is 122 Å². The first-order valence-electron chi connectivity index (χ1n) is 6.56. The number of carbonyl (C=O) groups is 1. The molecule has 0 radical (unpaired) electrons. The van der Waals surface area contributed by atoms with Gasteiger partial charge in [0.1, 0.15) is 11.3 Å². The fraction of sp³-hybridized carbons (Fsp3) is 0.583. The summed E-state index contributed by atoms with van der Waals surface area (Å²) in [5.74, 6) is 0.774. The van der Waals surface area contributed by atoms with Crippen molar-refractivity contribution >= 4 is 28.8 Å². The SMILES string of the molecule is CCn1nc(C)c2nc(C(C)Cl)n(CCNC(N)=O)c21. The van der Waals surface area contributed by atoms with Crippen LogP contribution >= 0.6 is 11.6 Å². The zero-order valence-corrected chi connectivity index (χ0v) is 12.6. The van der Waals surface area contributed by atoms with Gasteiger partial charge in [-0.3, -0.25) is 0 Å². The van der Waals surface area contributed by atoms with E-state index in [2.05, 4.69) is 15.4 Å². The van der Waals surface area contributed by atoms with Crippen LogP contribution in [0.3, 0.4) is 0 Å². The molecule has 2 rings (SSSR count). The highest BCUT2D eigenvalue weighted by molar-refractivity contribution is 6.20. The number of imidazole rings is 1. The van der Waals surface area contributed by atoms with E-state index in [-0.39, 0.29) is 5.38 Å². The van der Waals surface area contributed by atoms with Crippen molar-refractivity contribution in [1.82, 2.24) is 24.6 Å². The number of hydrogen-bond donors (Lipinski definition) is 2. The van der Waals surface area contributed by atoms with Crippen LogP contribution in [0.25, 0.3) is 11.2 Å². The lowest BCUT2D eigenvalue weighted by Gasteiger charge is -2.11. The van der Waals surface area contributed by atoms with Crippen LogP contribution in [0, 0.1) is 6.92 Å². The Morgan fingerprint density at radius 2 is 2.25 bits per heavy atom. The second-order valence-corrected chi connectivity index (χ2v) is 5.26. The molecule has 0 aliphatic carbocycles. The summed E-state index contributed by atoms with van der Waals surface area (Å²) in [4.78, 5) is 15.4. The fourth-order valence-electron chi connectivity index (χ4n) is 2.28. The molecule has 0 spiro atoms. The lowest BCUT2D eigenvalue weighted by Crippen LogP contribution is -2.32. The quantitative estimate of drug-likeness (QED) is 0.820. The Morgan fingerprint density at radius 1 is 1.55 bits per heavy atom. The summed E-state index contributed by atoms with van der Waals surface area (Å²) in [5.41, 5.74) is 7.75. The minimum atomic E-state index is -0.540. The molecule has 1 unspecified atom stereocenters. The molecule has 20 heavy (non-hydrogen) atoms. The molecule has 0 aliphatic heterocycles. The number of fused-ring (bicyclic) bond motifs is 1. The second kappa shape index (κ2) is 5.70. The highest BCUT2D eigenvalue weighted by Crippen LogP contribution is 2.26. The maximum Gasteiger partial charge on any atom is 0.312 e. The zero-order chi connectivity index (χ0) is 14.9. The largest absolute Gasteiger partial charge is 0.352 e. The molecule has 110 valence electrons. The van der Waals surface area contributed by atoms with E-state index >= 15 is 0 Å². The van der Waals surface area contributed by atoms with E-state index in [9.17, 15) is 4.79 Å². The standard InChI is InChI=1S/C12H19ClN6O/c1-4-19-11-9(8(3)17-19)16-10(7(2)13)18(11)6-5-15-12(14)20/h7H,4-6H2,1-3H3,(H3,14,15,20). The average molecular weight is 299 g/mol. The van der Waals surface area contributed by atoms with E-state index in [1.807, 2.05) is 30.0 Å². The molecule has 7 nitrogen and oxygen atoms in total. The van der Waals surface area contributed by atoms with E-state index in [1.54, 1.807) is 0 Å². The summed E-state index contributed by atoms with van der Waals surface area (Å²) in [7, 11) is 0. The second-order valence-electron chi connectivity index (χ2n) is 4.60. The van der Waals surface area contributed by atoms with Crippen molar-refractivity contribution in [3.05, 3.63) is 11.5 Å². The topological polar surface area (TPSA) is 90.8 Å². The number of carbonyl (C=O) groups excluding carboxylic acids is 1. The predicted octanol–water partition coefficient (Wildman–Crippen LogP) is 1.53. The van der Waals surface area contributed by atoms with Crippen LogP contribution < -0.4 is 11.1 Å². The molecule has 0 aromatic carbocycles. The summed E-state index contributed by atoms with van der Waals surface area (Å²) >= 11 is 6.20. The van der Waals surface area contributed by atoms with Crippen molar-refractivity contribution in [3.63, 3.8) is 0 Å². The molecule has 0 fully saturated rings. The molecule has 3 N–H and O–H groups in total. The molecule has 8 heteroatoms. The molecular weight excluding hydrogens is 280 g/mol. The van der Waals surface area contributed by atoms with E-state index < -0.39 is 6.03 Å². The van der Waals surface area contributed by atoms with Crippen molar-refractivity contribution in [2.75, 3.05) is 6.54 Å². The molecule has 0 saturated heterocycles. The normalized spacial score (nSPS) is 12.8. The van der Waals surface area contributed by atoms with Crippen LogP contribution in [-0.4, -0.2) is 31.9 Å². The number of halogens is 1. The van der Waals surface area contributed by atoms with Crippen molar-refractivity contribution < 1.29 is 4.79 Å². The van der Waals surface area contributed by atoms with Gasteiger partial charge in [0.05, 0.1) is 11.1 Å². The van der Waals surface area contributed by atoms with Crippen LogP contribution in [0.5, 0.6) is 0 Å². The molecule has 0 bridgehead atoms. The molecular formula is C12H19ClN6O. The van der Waals surface area contributed by atoms with Gasteiger partial charge in [0, 0.05) is 19.6 Å². The van der Waals surface area contributed by atoms with Crippen molar-refractivity contribution in [2.24, 2.45) is 5.73 Å². The zero-order valence-electron chi connectivity index (χ0n) is 11.9. The lowest BCUT2D eigenvalue weighted by molar-refractivity contribution is 0.248. The number of primary amides is 1. The van der Waals surface area contributed by atoms with Gasteiger partial charge in [-0.2, -0.15) is 5.10 Å². The number of aryl methyl sites for hydroxylation is 2. The first-order chi connectivity index (χ1) is 9.45. The smallest absolute Gasteiger partial charge is 0.312 e. The highest BCUT2D eigenvalue weighted by atomic mass is 35.5. The monoisotopic (exact) mass is 298 g/mol. The van der Waals surface area contributed by atoms with Gasteiger partial charge >= 0.3 is 6.03 Å². The molecule has 2 heterocycles. The first-order valence-corrected chi connectivity index (χ1v) is 7.00. The third-order valence-corrected chi connectivity index (χ3v) is 3.31. The highest BCUT2D eigenvalue weighted by Gasteiger charge is 2.20. The van der Waals surface area contributed by atoms with E-state index in [0.717, 1.165) is 29.2 Å². The van der Waals surface area contributed by atoms with Crippen molar-refractivity contribution in [3.8, 4) is 0 Å². The Hall–Kier alpha value is -1.76. The molecule has 2 amide bonds. The number of nitrogens with one attached hydrogen (secondary N) is 1. The summed E-state index contributed by atoms with van der Waals surface area (Å²) in [6.07, 6.45) is 0. The van der Waals surface area contributed by atoms with Crippen molar-refractivity contribution in [1.29, 1.82) is 0 Å². The van der Waals surface area contributed by atoms with Crippen molar-refractivity contribution in [2.45, 2.75) is 39.2 Å². The minimum absolute atomic E-state index is 0.222. The third-order valence-electron chi connectivity index (χ3n) is 3.12. The first kappa shape index (κ1) is 14.6. The summed E-state index contributed by atoms with van der Waals surface area (Å²) in [6, 6.07) is -0.540. The van der Waals surface area contributed by atoms with Gasteiger partial charge in [0.25, 0.3) is 0 Å². The number of alkyl halides is 1. The maximum atomic E-state index is 10.8. The summed E-state index contributed by atoms with van der Waals surface area (Å²) in [5, 5.41) is 6.81. The maximum absolute atomic E-state index is 10.8. The van der Waals surface area contributed by atoms with E-state index in [1.165, 1.54) is 0 Å². The van der Waals surface area contributed by atoms with Gasteiger partial charge in [0.15, 0.2) is 5.65 Å². The molecule has 2 aromatic heterocycles. The number of nitrogens with two attached hydrogens (primary N) is 1. The van der Waals surface area contributed by atoms with Crippen LogP contribution in [0.4, 0.5) is 4.79 Å². The van der Waals surface area contributed by atoms with Gasteiger partial charge in [-0.25, -0.2) is 14.5 Å². The molecule has 1 atom stereocenters. The van der Waals surface area contributed by atoms with Crippen LogP contribution in [-0.2, 0) is 13.1 Å². The van der Waals surface area contributed by atoms with Crippen LogP contribution in [0.2, 0.25) is 0 Å². The number of amides is 2. The van der Waals surface area contributed by atoms with Gasteiger partial charge < -0.3 is 15.6 Å². The van der Waals surface area contributed by atoms with Gasteiger partial charge in [-0.15, -0.1) is 11.6 Å². The number of nitrogens with zero attached hydrogens (tertiary/aromatic N) is 4. The lowest BCUT2D eigenvalue weighted by atomic mass is 10.4. The Kier molecular flexibility index (Phi) is 4.17. The summed E-state index contributed by atoms with van der Waals surface area (Å²) in [6.45, 7) is 7.54. The van der Waals surface area contributed by atoms with E-state index in [0.29, 0.717) is 13.1 Å². The molecule has 2 aromatic rings. The minimum Gasteiger partial charge on any atom is -0.352 e. The van der Waals surface area contributed by atoms with Crippen LogP contribution in [0.15, 0.2) is 0 Å². The molecule has 0 saturated carbocycles. The van der Waals surface area contributed by atoms with Gasteiger partial charge in [-0.1, -0.05) is 0 Å². The number of urea groups is 1. The molecule has 0 aliphatic rings.